The minimum absolute atomic E-state index is 0.395. The number of allylic oxidation sites excluding steroid dienone is 1. The molecule has 0 bridgehead atoms. The topological polar surface area (TPSA) is 9.23 Å². The molecule has 0 unspecified atom stereocenters. The Labute approximate surface area is 64.2 Å². The summed E-state index contributed by atoms with van der Waals surface area (Å²) < 4.78 is 4.94. The molecule has 0 fully saturated rings. The first-order valence-corrected chi connectivity index (χ1v) is 3.76. The maximum absolute atomic E-state index is 4.94. The zero-order valence-electron chi connectivity index (χ0n) is 5.14. The van der Waals surface area contributed by atoms with Crippen LogP contribution in [0.3, 0.4) is 0 Å². The van der Waals surface area contributed by atoms with Gasteiger partial charge in [0.15, 0.2) is 0 Å². The van der Waals surface area contributed by atoms with Crippen molar-refractivity contribution in [3.8, 4) is 12.3 Å². The van der Waals surface area contributed by atoms with Gasteiger partial charge in [0.1, 0.15) is 6.61 Å². The Morgan fingerprint density at radius 1 is 1.56 bits per heavy atom. The Kier molecular flexibility index (Phi) is 7.52. The van der Waals surface area contributed by atoms with Crippen molar-refractivity contribution in [2.45, 2.75) is 0 Å². The molecule has 9 heavy (non-hydrogen) atoms. The van der Waals surface area contributed by atoms with Crippen molar-refractivity contribution in [1.82, 2.24) is 0 Å². The molecule has 0 atom stereocenters. The second-order valence-electron chi connectivity index (χ2n) is 1.34. The zero-order valence-corrected chi connectivity index (χ0v) is 6.73. The van der Waals surface area contributed by atoms with Crippen LogP contribution in [0.4, 0.5) is 0 Å². The van der Waals surface area contributed by atoms with Crippen LogP contribution in [-0.2, 0) is 4.74 Å². The summed E-state index contributed by atoms with van der Waals surface area (Å²) in [5.41, 5.74) is 0. The lowest BCUT2D eigenvalue weighted by atomic mass is 10.5. The van der Waals surface area contributed by atoms with Crippen LogP contribution < -0.4 is 0 Å². The normalized spacial score (nSPS) is 9.78. The second kappa shape index (κ2) is 7.74. The van der Waals surface area contributed by atoms with E-state index in [1.807, 2.05) is 12.2 Å². The Morgan fingerprint density at radius 3 is 2.89 bits per heavy atom. The van der Waals surface area contributed by atoms with Gasteiger partial charge in [-0.3, -0.25) is 0 Å². The molecule has 0 N–H and O–H groups in total. The molecule has 1 nitrogen and oxygen atoms in total. The van der Waals surface area contributed by atoms with Crippen LogP contribution >= 0.6 is 15.9 Å². The van der Waals surface area contributed by atoms with Crippen molar-refractivity contribution < 1.29 is 4.74 Å². The van der Waals surface area contributed by atoms with Crippen LogP contribution in [0, 0.1) is 12.3 Å². The molecule has 0 aromatic rings. The average molecular weight is 189 g/mol. The molecule has 0 aromatic carbocycles. The van der Waals surface area contributed by atoms with Crippen molar-refractivity contribution in [2.75, 3.05) is 18.5 Å². The van der Waals surface area contributed by atoms with Crippen LogP contribution in [0.15, 0.2) is 12.2 Å². The predicted octanol–water partition coefficient (Wildman–Crippen LogP) is 1.59. The summed E-state index contributed by atoms with van der Waals surface area (Å²) in [4.78, 5) is 0. The summed E-state index contributed by atoms with van der Waals surface area (Å²) in [5.74, 6) is 2.38. The summed E-state index contributed by atoms with van der Waals surface area (Å²) in [6.07, 6.45) is 8.83. The van der Waals surface area contributed by atoms with E-state index in [9.17, 15) is 0 Å². The quantitative estimate of drug-likeness (QED) is 0.282. The van der Waals surface area contributed by atoms with Crippen molar-refractivity contribution in [3.05, 3.63) is 12.2 Å². The highest BCUT2D eigenvalue weighted by atomic mass is 79.9. The molecule has 0 rings (SSSR count). The summed E-state index contributed by atoms with van der Waals surface area (Å²) in [6, 6.07) is 0. The van der Waals surface area contributed by atoms with Gasteiger partial charge in [-0.05, 0) is 0 Å². The lowest BCUT2D eigenvalue weighted by molar-refractivity contribution is 0.199. The molecule has 2 heteroatoms. The minimum atomic E-state index is 0.395. The molecule has 0 aliphatic carbocycles. The van der Waals surface area contributed by atoms with E-state index in [0.29, 0.717) is 13.2 Å². The predicted molar refractivity (Wildman–Crippen MR) is 42.6 cm³/mol. The number of hydrogen-bond donors (Lipinski definition) is 0. The SMILES string of the molecule is C#CCOC/C=C/CBr. The van der Waals surface area contributed by atoms with E-state index in [0.717, 1.165) is 5.33 Å². The highest BCUT2D eigenvalue weighted by molar-refractivity contribution is 9.09. The Hall–Kier alpha value is -0.260. The van der Waals surface area contributed by atoms with Crippen LogP contribution in [0.5, 0.6) is 0 Å². The first kappa shape index (κ1) is 8.74. The highest BCUT2D eigenvalue weighted by Gasteiger charge is 1.74. The van der Waals surface area contributed by atoms with Crippen molar-refractivity contribution >= 4 is 15.9 Å². The van der Waals surface area contributed by atoms with Gasteiger partial charge in [-0.25, -0.2) is 0 Å². The van der Waals surface area contributed by atoms with Crippen LogP contribution in [0.25, 0.3) is 0 Å². The fourth-order valence-corrected chi connectivity index (χ4v) is 0.581. The van der Waals surface area contributed by atoms with Crippen molar-refractivity contribution in [1.29, 1.82) is 0 Å². The average Bonchev–Trinajstić information content (AvgIpc) is 1.89. The van der Waals surface area contributed by atoms with Gasteiger partial charge in [-0.15, -0.1) is 6.42 Å². The second-order valence-corrected chi connectivity index (χ2v) is 1.99. The number of alkyl halides is 1. The number of ether oxygens (including phenoxy) is 1. The maximum Gasteiger partial charge on any atom is 0.107 e. The molecule has 50 valence electrons. The van der Waals surface area contributed by atoms with Gasteiger partial charge in [-0.1, -0.05) is 34.0 Å². The van der Waals surface area contributed by atoms with E-state index in [1.54, 1.807) is 0 Å². The van der Waals surface area contributed by atoms with Gasteiger partial charge in [0.2, 0.25) is 0 Å². The van der Waals surface area contributed by atoms with Gasteiger partial charge in [0.05, 0.1) is 6.61 Å². The van der Waals surface area contributed by atoms with Crippen LogP contribution in [-0.4, -0.2) is 18.5 Å². The Morgan fingerprint density at radius 2 is 2.33 bits per heavy atom. The summed E-state index contributed by atoms with van der Waals surface area (Å²) in [5, 5.41) is 0.867. The summed E-state index contributed by atoms with van der Waals surface area (Å²) in [7, 11) is 0. The summed E-state index contributed by atoms with van der Waals surface area (Å²) in [6.45, 7) is 1.00. The Balaban J connectivity index is 2.92. The highest BCUT2D eigenvalue weighted by Crippen LogP contribution is 1.82. The first-order valence-electron chi connectivity index (χ1n) is 2.64. The molecule has 0 spiro atoms. The molecule has 0 aromatic heterocycles. The van der Waals surface area contributed by atoms with Gasteiger partial charge in [-0.2, -0.15) is 0 Å². The lowest BCUT2D eigenvalue weighted by Gasteiger charge is -1.89. The smallest absolute Gasteiger partial charge is 0.107 e. The van der Waals surface area contributed by atoms with E-state index in [2.05, 4.69) is 21.9 Å². The van der Waals surface area contributed by atoms with Gasteiger partial charge in [0.25, 0.3) is 0 Å². The van der Waals surface area contributed by atoms with Crippen molar-refractivity contribution in [2.24, 2.45) is 0 Å². The fourth-order valence-electron chi connectivity index (χ4n) is 0.317. The summed E-state index contributed by atoms with van der Waals surface area (Å²) >= 11 is 3.24. The van der Waals surface area contributed by atoms with Gasteiger partial charge < -0.3 is 4.74 Å². The van der Waals surface area contributed by atoms with E-state index in [4.69, 9.17) is 11.2 Å². The third-order valence-corrected chi connectivity index (χ3v) is 1.03. The number of rotatable bonds is 4. The molecular formula is C7H9BrO. The molecular weight excluding hydrogens is 180 g/mol. The van der Waals surface area contributed by atoms with E-state index in [-0.39, 0.29) is 0 Å². The first-order chi connectivity index (χ1) is 4.41. The Bertz CT molecular complexity index is 113. The number of halogens is 1. The monoisotopic (exact) mass is 188 g/mol. The van der Waals surface area contributed by atoms with Crippen LogP contribution in [0.1, 0.15) is 0 Å². The third-order valence-electron chi connectivity index (χ3n) is 0.655. The molecule has 0 saturated carbocycles. The lowest BCUT2D eigenvalue weighted by Crippen LogP contribution is -1.89. The molecule has 0 aliphatic rings. The molecule has 0 aliphatic heterocycles. The third kappa shape index (κ3) is 7.74. The van der Waals surface area contributed by atoms with E-state index < -0.39 is 0 Å². The number of terminal acetylenes is 1. The van der Waals surface area contributed by atoms with E-state index in [1.165, 1.54) is 0 Å². The fraction of sp³-hybridized carbons (Fsp3) is 0.429. The van der Waals surface area contributed by atoms with E-state index >= 15 is 0 Å². The molecule has 0 heterocycles. The maximum atomic E-state index is 4.94. The minimum Gasteiger partial charge on any atom is -0.365 e. The molecule has 0 radical (unpaired) electrons. The zero-order chi connectivity index (χ0) is 6.95. The standard InChI is InChI=1S/C7H9BrO/c1-2-6-9-7-4-3-5-8/h1,3-4H,5-7H2/b4-3+. The molecule has 0 amide bonds. The number of hydrogen-bond acceptors (Lipinski definition) is 1. The largest absolute Gasteiger partial charge is 0.365 e. The van der Waals surface area contributed by atoms with Gasteiger partial charge >= 0.3 is 0 Å². The van der Waals surface area contributed by atoms with Crippen molar-refractivity contribution in [3.63, 3.8) is 0 Å². The molecule has 0 saturated heterocycles. The van der Waals surface area contributed by atoms with Gasteiger partial charge in [0, 0.05) is 5.33 Å². The van der Waals surface area contributed by atoms with Crippen LogP contribution in [0.2, 0.25) is 0 Å².